The number of benzene rings is 2. The number of aromatic nitrogens is 1. The number of amides is 5. The molecule has 0 aliphatic heterocycles. The second kappa shape index (κ2) is 20.0. The topological polar surface area (TPSA) is 217 Å². The first-order valence-corrected chi connectivity index (χ1v) is 19.6. The van der Waals surface area contributed by atoms with Crippen molar-refractivity contribution in [2.75, 3.05) is 12.0 Å². The lowest BCUT2D eigenvalue weighted by atomic mass is 10.0. The molecule has 0 spiro atoms. The standard InChI is InChI=1S/C40H54N6O9S/c1-24(47)42-30(21-26-23-46(38(53)55-40(5,6)7)32-17-13-12-16-27(26)32)36(51)43-28(18-19-56-8)35(50)45-31(22-33(48)54-39(2,3)4)37(52)44-29(34(41)49)20-25-14-10-9-11-15-25/h9-17,23,28-31H,18-22H2,1-8H3,(H2,41,49)(H,42,47)(H,43,51)(H,44,52)(H,45,50)/t28-,29-,30-,31-/m0/s1. The second-order valence-corrected chi connectivity index (χ2v) is 16.3. The molecule has 0 saturated carbocycles. The Balaban J connectivity index is 1.90. The van der Waals surface area contributed by atoms with E-state index in [0.29, 0.717) is 27.8 Å². The van der Waals surface area contributed by atoms with Gasteiger partial charge < -0.3 is 36.5 Å². The van der Waals surface area contributed by atoms with Crippen molar-refractivity contribution >= 4 is 64.3 Å². The van der Waals surface area contributed by atoms with Crippen LogP contribution in [0.1, 0.15) is 72.4 Å². The van der Waals surface area contributed by atoms with Crippen molar-refractivity contribution in [1.82, 2.24) is 25.8 Å². The highest BCUT2D eigenvalue weighted by molar-refractivity contribution is 7.98. The van der Waals surface area contributed by atoms with E-state index < -0.39 is 83.4 Å². The Morgan fingerprint density at radius 2 is 1.27 bits per heavy atom. The molecular formula is C40H54N6O9S. The molecule has 15 nitrogen and oxygen atoms in total. The van der Waals surface area contributed by atoms with Gasteiger partial charge in [0.05, 0.1) is 11.9 Å². The minimum atomic E-state index is -1.52. The SMILES string of the molecule is CSCC[C@H](NC(=O)[C@H](Cc1cn(C(=O)OC(C)(C)C)c2ccccc12)NC(C)=O)C(=O)N[C@@H](CC(=O)OC(C)(C)C)C(=O)N[C@@H](Cc1ccccc1)C(N)=O. The molecule has 0 fully saturated rings. The van der Waals surface area contributed by atoms with Gasteiger partial charge in [-0.3, -0.25) is 33.3 Å². The molecule has 16 heteroatoms. The summed E-state index contributed by atoms with van der Waals surface area (Å²) in [6.45, 7) is 11.4. The lowest BCUT2D eigenvalue weighted by Gasteiger charge is -2.27. The zero-order valence-corrected chi connectivity index (χ0v) is 34.0. The summed E-state index contributed by atoms with van der Waals surface area (Å²) >= 11 is 1.41. The number of hydrogen-bond acceptors (Lipinski definition) is 10. The van der Waals surface area contributed by atoms with Crippen molar-refractivity contribution < 1.29 is 43.0 Å². The van der Waals surface area contributed by atoms with Crippen LogP contribution in [0.25, 0.3) is 10.9 Å². The van der Waals surface area contributed by atoms with Crippen molar-refractivity contribution in [2.45, 2.75) is 110 Å². The molecule has 0 unspecified atom stereocenters. The summed E-state index contributed by atoms with van der Waals surface area (Å²) in [6, 6.07) is 10.8. The normalized spacial score (nSPS) is 13.7. The van der Waals surface area contributed by atoms with Crippen molar-refractivity contribution in [3.8, 4) is 0 Å². The fraction of sp³-hybridized carbons (Fsp3) is 0.475. The second-order valence-electron chi connectivity index (χ2n) is 15.3. The number of rotatable bonds is 17. The largest absolute Gasteiger partial charge is 0.460 e. The highest BCUT2D eigenvalue weighted by Gasteiger charge is 2.34. The Morgan fingerprint density at radius 1 is 0.714 bits per heavy atom. The van der Waals surface area contributed by atoms with Crippen LogP contribution in [0, 0.1) is 0 Å². The number of nitrogens with zero attached hydrogens (tertiary/aromatic N) is 1. The Bertz CT molecular complexity index is 1880. The number of carbonyl (C=O) groups excluding carboxylic acids is 7. The third kappa shape index (κ3) is 14.4. The predicted molar refractivity (Wildman–Crippen MR) is 213 cm³/mol. The molecule has 1 aromatic heterocycles. The van der Waals surface area contributed by atoms with Crippen molar-refractivity contribution in [2.24, 2.45) is 5.73 Å². The molecule has 6 N–H and O–H groups in total. The average Bonchev–Trinajstić information content (AvgIpc) is 3.46. The maximum Gasteiger partial charge on any atom is 0.419 e. The third-order valence-corrected chi connectivity index (χ3v) is 8.76. The van der Waals surface area contributed by atoms with Gasteiger partial charge in [-0.1, -0.05) is 48.5 Å². The van der Waals surface area contributed by atoms with Gasteiger partial charge in [0.25, 0.3) is 0 Å². The number of primary amides is 1. The van der Waals surface area contributed by atoms with Gasteiger partial charge in [0, 0.05) is 31.3 Å². The van der Waals surface area contributed by atoms with Crippen molar-refractivity contribution in [3.63, 3.8) is 0 Å². The smallest absolute Gasteiger partial charge is 0.419 e. The summed E-state index contributed by atoms with van der Waals surface area (Å²) in [5.41, 5.74) is 5.76. The van der Waals surface area contributed by atoms with Gasteiger partial charge in [-0.05, 0) is 77.2 Å². The van der Waals surface area contributed by atoms with Gasteiger partial charge in [0.15, 0.2) is 0 Å². The number of thioether (sulfide) groups is 1. The highest BCUT2D eigenvalue weighted by atomic mass is 32.2. The summed E-state index contributed by atoms with van der Waals surface area (Å²) in [5, 5.41) is 11.1. The number of carbonyl (C=O) groups is 7. The van der Waals surface area contributed by atoms with E-state index in [1.807, 2.05) is 6.26 Å². The molecule has 3 rings (SSSR count). The van der Waals surface area contributed by atoms with Crippen LogP contribution >= 0.6 is 11.8 Å². The Labute approximate surface area is 331 Å². The molecule has 5 amide bonds. The maximum absolute atomic E-state index is 14.0. The van der Waals surface area contributed by atoms with Crippen LogP contribution in [0.5, 0.6) is 0 Å². The molecule has 0 aliphatic carbocycles. The van der Waals surface area contributed by atoms with E-state index in [9.17, 15) is 33.6 Å². The van der Waals surface area contributed by atoms with Gasteiger partial charge >= 0.3 is 12.1 Å². The van der Waals surface area contributed by atoms with E-state index in [-0.39, 0.29) is 19.3 Å². The number of nitrogens with one attached hydrogen (secondary N) is 4. The molecule has 3 aromatic rings. The summed E-state index contributed by atoms with van der Waals surface area (Å²) in [7, 11) is 0. The van der Waals surface area contributed by atoms with E-state index in [2.05, 4.69) is 21.3 Å². The lowest BCUT2D eigenvalue weighted by Crippen LogP contribution is -2.59. The van der Waals surface area contributed by atoms with Crippen LogP contribution in [0.2, 0.25) is 0 Å². The molecular weight excluding hydrogens is 741 g/mol. The number of esters is 1. The van der Waals surface area contributed by atoms with Crippen LogP contribution in [0.3, 0.4) is 0 Å². The molecule has 0 radical (unpaired) electrons. The van der Waals surface area contributed by atoms with E-state index >= 15 is 0 Å². The number of ether oxygens (including phenoxy) is 2. The molecule has 0 aliphatic rings. The van der Waals surface area contributed by atoms with Crippen molar-refractivity contribution in [1.29, 1.82) is 0 Å². The van der Waals surface area contributed by atoms with Gasteiger partial charge in [0.2, 0.25) is 29.5 Å². The van der Waals surface area contributed by atoms with E-state index in [4.69, 9.17) is 15.2 Å². The van der Waals surface area contributed by atoms with Crippen LogP contribution in [0.15, 0.2) is 60.8 Å². The molecule has 0 saturated heterocycles. The Morgan fingerprint density at radius 3 is 1.86 bits per heavy atom. The fourth-order valence-electron chi connectivity index (χ4n) is 5.70. The quantitative estimate of drug-likeness (QED) is 0.126. The van der Waals surface area contributed by atoms with E-state index in [1.165, 1.54) is 23.3 Å². The number of hydrogen-bond donors (Lipinski definition) is 5. The van der Waals surface area contributed by atoms with E-state index in [0.717, 1.165) is 0 Å². The fourth-order valence-corrected chi connectivity index (χ4v) is 6.17. The van der Waals surface area contributed by atoms with Crippen LogP contribution in [-0.4, -0.2) is 93.5 Å². The number of para-hydroxylation sites is 1. The zero-order chi connectivity index (χ0) is 41.8. The van der Waals surface area contributed by atoms with Crippen LogP contribution in [0.4, 0.5) is 4.79 Å². The van der Waals surface area contributed by atoms with Gasteiger partial charge in [-0.25, -0.2) is 4.79 Å². The zero-order valence-electron chi connectivity index (χ0n) is 33.2. The molecule has 56 heavy (non-hydrogen) atoms. The lowest BCUT2D eigenvalue weighted by molar-refractivity contribution is -0.156. The minimum absolute atomic E-state index is 0.0574. The van der Waals surface area contributed by atoms with Crippen molar-refractivity contribution in [3.05, 3.63) is 71.9 Å². The number of fused-ring (bicyclic) bond motifs is 1. The van der Waals surface area contributed by atoms with Gasteiger partial charge in [-0.2, -0.15) is 11.8 Å². The molecule has 4 atom stereocenters. The summed E-state index contributed by atoms with van der Waals surface area (Å²) in [4.78, 5) is 92.5. The predicted octanol–water partition coefficient (Wildman–Crippen LogP) is 3.14. The first-order valence-electron chi connectivity index (χ1n) is 18.2. The summed E-state index contributed by atoms with van der Waals surface area (Å²) in [5.74, 6) is -4.09. The van der Waals surface area contributed by atoms with Gasteiger partial charge in [-0.15, -0.1) is 0 Å². The summed E-state index contributed by atoms with van der Waals surface area (Å²) < 4.78 is 12.3. The third-order valence-electron chi connectivity index (χ3n) is 8.11. The molecule has 304 valence electrons. The first kappa shape index (κ1) is 45.0. The number of nitrogens with two attached hydrogens (primary N) is 1. The Hall–Kier alpha value is -5.38. The maximum atomic E-state index is 14.0. The van der Waals surface area contributed by atoms with E-state index in [1.54, 1.807) is 102 Å². The molecule has 1 heterocycles. The van der Waals surface area contributed by atoms with Gasteiger partial charge in [0.1, 0.15) is 35.4 Å². The van der Waals surface area contributed by atoms with Crippen LogP contribution in [-0.2, 0) is 51.1 Å². The average molecular weight is 795 g/mol. The molecule has 2 aromatic carbocycles. The minimum Gasteiger partial charge on any atom is -0.460 e. The highest BCUT2D eigenvalue weighted by Crippen LogP contribution is 2.24. The Kier molecular flexibility index (Phi) is 16.1. The monoisotopic (exact) mass is 794 g/mol. The first-order chi connectivity index (χ1) is 26.2. The van der Waals surface area contributed by atoms with Crippen LogP contribution < -0.4 is 27.0 Å². The summed E-state index contributed by atoms with van der Waals surface area (Å²) in [6.07, 6.45) is 2.26. The molecule has 0 bridgehead atoms.